The maximum atomic E-state index is 13.4. The molecule has 162 valence electrons. The van der Waals surface area contributed by atoms with Crippen molar-refractivity contribution >= 4 is 35.1 Å². The second kappa shape index (κ2) is 9.49. The average molecular weight is 447 g/mol. The summed E-state index contributed by atoms with van der Waals surface area (Å²) in [5.41, 5.74) is 4.71. The summed E-state index contributed by atoms with van der Waals surface area (Å²) in [6.45, 7) is 4.08. The first kappa shape index (κ1) is 22.0. The number of hydrogen-bond donors (Lipinski definition) is 0. The van der Waals surface area contributed by atoms with Crippen molar-refractivity contribution < 1.29 is 9.18 Å². The molecule has 0 spiro atoms. The van der Waals surface area contributed by atoms with Crippen LogP contribution >= 0.6 is 11.6 Å². The predicted molar refractivity (Wildman–Crippen MR) is 130 cm³/mol. The molecule has 32 heavy (non-hydrogen) atoms. The highest BCUT2D eigenvalue weighted by molar-refractivity contribution is 6.34. The van der Waals surface area contributed by atoms with Gasteiger partial charge in [-0.15, -0.1) is 0 Å². The lowest BCUT2D eigenvalue weighted by Crippen LogP contribution is -2.32. The summed E-state index contributed by atoms with van der Waals surface area (Å²) < 4.78 is 13.3. The number of nitrogens with zero attached hydrogens (tertiary/aromatic N) is 2. The maximum Gasteiger partial charge on any atom is 0.282 e. The van der Waals surface area contributed by atoms with Gasteiger partial charge in [0.1, 0.15) is 17.3 Å². The molecule has 0 fully saturated rings. The van der Waals surface area contributed by atoms with E-state index >= 15 is 0 Å². The summed E-state index contributed by atoms with van der Waals surface area (Å²) in [6.07, 6.45) is 4.99. The normalized spacial score (nSPS) is 14.9. The third kappa shape index (κ3) is 4.66. The Labute approximate surface area is 192 Å². The van der Waals surface area contributed by atoms with Gasteiger partial charge >= 0.3 is 0 Å². The SMILES string of the molecule is CCCCc1ccc(C2=NC(=Cc3ccc(F)cc3)C(=O)N2c2ccc(Cl)c(C)c2)cc1. The number of unbranched alkanes of at least 4 members (excludes halogenated alkanes) is 1. The van der Waals surface area contributed by atoms with E-state index in [4.69, 9.17) is 11.6 Å². The molecule has 1 aliphatic rings. The molecule has 3 aromatic carbocycles. The van der Waals surface area contributed by atoms with Gasteiger partial charge in [-0.1, -0.05) is 61.3 Å². The number of hydrogen-bond acceptors (Lipinski definition) is 2. The topological polar surface area (TPSA) is 32.7 Å². The molecule has 0 bridgehead atoms. The van der Waals surface area contributed by atoms with Crippen LogP contribution in [0.25, 0.3) is 6.08 Å². The minimum Gasteiger partial charge on any atom is -0.266 e. The van der Waals surface area contributed by atoms with Gasteiger partial charge in [-0.05, 0) is 72.9 Å². The molecule has 3 aromatic rings. The molecule has 1 aliphatic heterocycles. The Hall–Kier alpha value is -3.24. The Morgan fingerprint density at radius 1 is 1.03 bits per heavy atom. The van der Waals surface area contributed by atoms with Gasteiger partial charge in [-0.25, -0.2) is 9.38 Å². The summed E-state index contributed by atoms with van der Waals surface area (Å²) in [7, 11) is 0. The molecule has 0 saturated heterocycles. The fourth-order valence-corrected chi connectivity index (χ4v) is 3.75. The van der Waals surface area contributed by atoms with Crippen LogP contribution in [0.5, 0.6) is 0 Å². The first-order valence-corrected chi connectivity index (χ1v) is 11.1. The number of halogens is 2. The highest BCUT2D eigenvalue weighted by atomic mass is 35.5. The van der Waals surface area contributed by atoms with Gasteiger partial charge in [0, 0.05) is 10.6 Å². The fourth-order valence-electron chi connectivity index (χ4n) is 3.64. The summed E-state index contributed by atoms with van der Waals surface area (Å²) >= 11 is 6.21. The van der Waals surface area contributed by atoms with Crippen LogP contribution in [0.2, 0.25) is 5.02 Å². The Bertz CT molecular complexity index is 1200. The van der Waals surface area contributed by atoms with Gasteiger partial charge in [0.2, 0.25) is 0 Å². The number of anilines is 1. The molecule has 1 amide bonds. The Morgan fingerprint density at radius 3 is 2.41 bits per heavy atom. The number of aliphatic imine (C=N–C) groups is 1. The number of aryl methyl sites for hydroxylation is 2. The standard InChI is InChI=1S/C27H24ClFN2O/c1-3-4-5-19-6-10-21(11-7-19)26-30-25(17-20-8-12-22(29)13-9-20)27(32)31(26)23-14-15-24(28)18(2)16-23/h6-17H,3-5H2,1-2H3. The summed E-state index contributed by atoms with van der Waals surface area (Å²) in [5, 5.41) is 0.640. The molecule has 3 nitrogen and oxygen atoms in total. The van der Waals surface area contributed by atoms with Crippen molar-refractivity contribution in [3.05, 3.63) is 106 Å². The van der Waals surface area contributed by atoms with Crippen LogP contribution in [0.3, 0.4) is 0 Å². The second-order valence-electron chi connectivity index (χ2n) is 7.89. The van der Waals surface area contributed by atoms with Crippen molar-refractivity contribution in [2.45, 2.75) is 33.1 Å². The number of benzene rings is 3. The van der Waals surface area contributed by atoms with Crippen molar-refractivity contribution in [2.24, 2.45) is 4.99 Å². The number of carbonyl (C=O) groups is 1. The van der Waals surface area contributed by atoms with Crippen LogP contribution in [0.4, 0.5) is 10.1 Å². The first-order chi connectivity index (χ1) is 15.5. The van der Waals surface area contributed by atoms with Gasteiger partial charge in [0.15, 0.2) is 0 Å². The fraction of sp³-hybridized carbons (Fsp3) is 0.185. The number of rotatable bonds is 6. The van der Waals surface area contributed by atoms with Crippen molar-refractivity contribution in [1.82, 2.24) is 0 Å². The highest BCUT2D eigenvalue weighted by Crippen LogP contribution is 2.30. The minimum atomic E-state index is -0.324. The molecule has 0 N–H and O–H groups in total. The monoisotopic (exact) mass is 446 g/mol. The van der Waals surface area contributed by atoms with E-state index in [2.05, 4.69) is 24.0 Å². The van der Waals surface area contributed by atoms with Gasteiger partial charge in [-0.3, -0.25) is 9.69 Å². The van der Waals surface area contributed by atoms with E-state index in [0.717, 1.165) is 30.4 Å². The molecule has 0 aliphatic carbocycles. The van der Waals surface area contributed by atoms with E-state index in [1.165, 1.54) is 17.7 Å². The number of carbonyl (C=O) groups excluding carboxylic acids is 1. The third-order valence-electron chi connectivity index (χ3n) is 5.46. The zero-order valence-corrected chi connectivity index (χ0v) is 18.9. The van der Waals surface area contributed by atoms with E-state index in [9.17, 15) is 9.18 Å². The third-order valence-corrected chi connectivity index (χ3v) is 5.89. The zero-order valence-electron chi connectivity index (χ0n) is 18.1. The maximum absolute atomic E-state index is 13.4. The van der Waals surface area contributed by atoms with Gasteiger partial charge < -0.3 is 0 Å². The molecule has 0 radical (unpaired) electrons. The van der Waals surface area contributed by atoms with Crippen molar-refractivity contribution in [3.63, 3.8) is 0 Å². The summed E-state index contributed by atoms with van der Waals surface area (Å²) in [6, 6.07) is 19.7. The molecule has 0 aromatic heterocycles. The highest BCUT2D eigenvalue weighted by Gasteiger charge is 2.32. The van der Waals surface area contributed by atoms with Crippen LogP contribution in [-0.4, -0.2) is 11.7 Å². The van der Waals surface area contributed by atoms with E-state index in [1.807, 2.05) is 31.2 Å². The lowest BCUT2D eigenvalue weighted by molar-refractivity contribution is -0.113. The zero-order chi connectivity index (χ0) is 22.7. The largest absolute Gasteiger partial charge is 0.282 e. The van der Waals surface area contributed by atoms with Gasteiger partial charge in [-0.2, -0.15) is 0 Å². The quantitative estimate of drug-likeness (QED) is 0.376. The smallest absolute Gasteiger partial charge is 0.266 e. The van der Waals surface area contributed by atoms with Crippen LogP contribution in [0, 0.1) is 12.7 Å². The van der Waals surface area contributed by atoms with Crippen LogP contribution in [-0.2, 0) is 11.2 Å². The lowest BCUT2D eigenvalue weighted by Gasteiger charge is -2.19. The molecule has 0 unspecified atom stereocenters. The Balaban J connectivity index is 1.76. The van der Waals surface area contributed by atoms with E-state index < -0.39 is 0 Å². The van der Waals surface area contributed by atoms with Crippen molar-refractivity contribution in [1.29, 1.82) is 0 Å². The van der Waals surface area contributed by atoms with Crippen LogP contribution in [0.1, 0.15) is 42.0 Å². The summed E-state index contributed by atoms with van der Waals surface area (Å²) in [4.78, 5) is 19.7. The van der Waals surface area contributed by atoms with E-state index in [0.29, 0.717) is 27.8 Å². The Kier molecular flexibility index (Phi) is 6.52. The molecule has 0 saturated carbocycles. The van der Waals surface area contributed by atoms with Crippen molar-refractivity contribution in [2.75, 3.05) is 4.90 Å². The molecular formula is C27H24ClFN2O. The van der Waals surface area contributed by atoms with Crippen molar-refractivity contribution in [3.8, 4) is 0 Å². The Morgan fingerprint density at radius 2 is 1.75 bits per heavy atom. The van der Waals surface area contributed by atoms with E-state index in [-0.39, 0.29) is 11.7 Å². The molecule has 1 heterocycles. The van der Waals surface area contributed by atoms with Gasteiger partial charge in [0.25, 0.3) is 5.91 Å². The number of amidine groups is 1. The number of amides is 1. The molecule has 4 rings (SSSR count). The average Bonchev–Trinajstić information content (AvgIpc) is 3.12. The molecule has 0 atom stereocenters. The van der Waals surface area contributed by atoms with Crippen LogP contribution < -0.4 is 4.90 Å². The summed E-state index contributed by atoms with van der Waals surface area (Å²) in [5.74, 6) is 0.00347. The minimum absolute atomic E-state index is 0.235. The molecular weight excluding hydrogens is 423 g/mol. The van der Waals surface area contributed by atoms with E-state index in [1.54, 1.807) is 29.2 Å². The lowest BCUT2D eigenvalue weighted by atomic mass is 10.1. The first-order valence-electron chi connectivity index (χ1n) is 10.7. The second-order valence-corrected chi connectivity index (χ2v) is 8.30. The van der Waals surface area contributed by atoms with Gasteiger partial charge in [0.05, 0.1) is 5.69 Å². The predicted octanol–water partition coefficient (Wildman–Crippen LogP) is 6.96. The van der Waals surface area contributed by atoms with Crippen LogP contribution in [0.15, 0.2) is 77.4 Å². The molecule has 5 heteroatoms.